The lowest BCUT2D eigenvalue weighted by Gasteiger charge is -2.34. The molecule has 3 aliphatic heterocycles. The third kappa shape index (κ3) is 12.2. The lowest BCUT2D eigenvalue weighted by Crippen LogP contribution is -2.52. The minimum Gasteiger partial charge on any atom is -0.375 e. The summed E-state index contributed by atoms with van der Waals surface area (Å²) >= 11 is 0. The molecule has 0 aromatic carbocycles. The average molecular weight is 598 g/mol. The summed E-state index contributed by atoms with van der Waals surface area (Å²) in [6.07, 6.45) is 1.63. The fourth-order valence-electron chi connectivity index (χ4n) is 4.68. The van der Waals surface area contributed by atoms with Crippen molar-refractivity contribution in [3.63, 3.8) is 0 Å². The highest BCUT2D eigenvalue weighted by molar-refractivity contribution is 5.79. The highest BCUT2D eigenvalue weighted by Crippen LogP contribution is 2.05. The van der Waals surface area contributed by atoms with Gasteiger partial charge in [-0.05, 0) is 0 Å². The molecular formula is C28H51N7O7. The summed E-state index contributed by atoms with van der Waals surface area (Å²) in [5, 5.41) is 2.58. The summed E-state index contributed by atoms with van der Waals surface area (Å²) in [5.74, 6) is 0.614. The monoisotopic (exact) mass is 597 g/mol. The number of piperazine rings is 3. The standard InChI is InChI=1S/C10H18N2O3.C9H17N3O2.C9H16N2O2/c1-3-9(13)11-4-6-12(7-5-11)10(14)8-15-2;1-3-8(13)11-4-6-12(7-5-11)9(14)10-2;1-3-9(13)11-6-4-10(5-7-11)8(2)12/h3-8H2,1-2H3;3-7H2,1-2H3,(H,10,14);3-7H2,1-2H3. The van der Waals surface area contributed by atoms with E-state index in [0.29, 0.717) is 97.8 Å². The maximum Gasteiger partial charge on any atom is 0.317 e. The first-order valence-electron chi connectivity index (χ1n) is 14.8. The van der Waals surface area contributed by atoms with E-state index in [4.69, 9.17) is 4.74 Å². The Hall–Kier alpha value is -3.42. The van der Waals surface area contributed by atoms with Crippen LogP contribution < -0.4 is 5.32 Å². The first kappa shape index (κ1) is 36.6. The molecule has 0 bridgehead atoms. The zero-order valence-electron chi connectivity index (χ0n) is 26.4. The number of urea groups is 1. The lowest BCUT2D eigenvalue weighted by molar-refractivity contribution is -0.141. The van der Waals surface area contributed by atoms with Crippen LogP contribution in [-0.4, -0.2) is 164 Å². The topological polar surface area (TPSA) is 143 Å². The van der Waals surface area contributed by atoms with Crippen LogP contribution in [0.5, 0.6) is 0 Å². The van der Waals surface area contributed by atoms with E-state index in [2.05, 4.69) is 5.32 Å². The van der Waals surface area contributed by atoms with Crippen LogP contribution in [0.3, 0.4) is 0 Å². The molecule has 0 aromatic heterocycles. The third-order valence-electron chi connectivity index (χ3n) is 7.37. The summed E-state index contributed by atoms with van der Waals surface area (Å²) in [6.45, 7) is 15.1. The molecule has 1 N–H and O–H groups in total. The van der Waals surface area contributed by atoms with Gasteiger partial charge in [0.25, 0.3) is 0 Å². The van der Waals surface area contributed by atoms with Crippen molar-refractivity contribution in [2.75, 3.05) is 99.3 Å². The molecule has 3 fully saturated rings. The molecule has 14 heteroatoms. The highest BCUT2D eigenvalue weighted by atomic mass is 16.5. The first-order chi connectivity index (χ1) is 20.0. The number of nitrogens with one attached hydrogen (secondary N) is 1. The molecular weight excluding hydrogens is 546 g/mol. The van der Waals surface area contributed by atoms with Gasteiger partial charge >= 0.3 is 6.03 Å². The van der Waals surface area contributed by atoms with Gasteiger partial charge in [0.1, 0.15) is 6.61 Å². The molecule has 3 rings (SSSR count). The summed E-state index contributed by atoms with van der Waals surface area (Å²) in [7, 11) is 3.13. The number of hydrogen-bond acceptors (Lipinski definition) is 7. The van der Waals surface area contributed by atoms with E-state index >= 15 is 0 Å². The summed E-state index contributed by atoms with van der Waals surface area (Å²) in [5.41, 5.74) is 0. The van der Waals surface area contributed by atoms with E-state index in [9.17, 15) is 28.8 Å². The lowest BCUT2D eigenvalue weighted by atomic mass is 10.3. The molecule has 42 heavy (non-hydrogen) atoms. The van der Waals surface area contributed by atoms with E-state index in [0.717, 1.165) is 0 Å². The van der Waals surface area contributed by atoms with Crippen LogP contribution in [0.4, 0.5) is 4.79 Å². The molecule has 3 saturated heterocycles. The third-order valence-corrected chi connectivity index (χ3v) is 7.37. The molecule has 0 spiro atoms. The van der Waals surface area contributed by atoms with Crippen molar-refractivity contribution in [2.45, 2.75) is 47.0 Å². The molecule has 3 aliphatic rings. The largest absolute Gasteiger partial charge is 0.375 e. The van der Waals surface area contributed by atoms with E-state index in [1.807, 2.05) is 25.7 Å². The fourth-order valence-corrected chi connectivity index (χ4v) is 4.68. The quantitative estimate of drug-likeness (QED) is 0.458. The van der Waals surface area contributed by atoms with Gasteiger partial charge in [-0.2, -0.15) is 0 Å². The molecule has 0 saturated carbocycles. The Morgan fingerprint density at radius 3 is 1.07 bits per heavy atom. The fraction of sp³-hybridized carbons (Fsp3) is 0.786. The van der Waals surface area contributed by atoms with Crippen molar-refractivity contribution in [3.8, 4) is 0 Å². The van der Waals surface area contributed by atoms with Crippen molar-refractivity contribution in [1.82, 2.24) is 34.7 Å². The maximum atomic E-state index is 11.4. The van der Waals surface area contributed by atoms with Gasteiger partial charge < -0.3 is 39.5 Å². The van der Waals surface area contributed by atoms with E-state index in [-0.39, 0.29) is 42.2 Å². The van der Waals surface area contributed by atoms with Crippen molar-refractivity contribution in [1.29, 1.82) is 0 Å². The number of carbonyl (C=O) groups is 6. The number of hydrogen-bond donors (Lipinski definition) is 1. The number of nitrogens with zero attached hydrogens (tertiary/aromatic N) is 6. The average Bonchev–Trinajstić information content (AvgIpc) is 3.04. The van der Waals surface area contributed by atoms with Gasteiger partial charge in [0.2, 0.25) is 29.5 Å². The summed E-state index contributed by atoms with van der Waals surface area (Å²) in [6, 6.07) is -0.0615. The van der Waals surface area contributed by atoms with Gasteiger partial charge in [0, 0.05) is 119 Å². The highest BCUT2D eigenvalue weighted by Gasteiger charge is 2.24. The maximum absolute atomic E-state index is 11.4. The molecule has 0 aromatic rings. The van der Waals surface area contributed by atoms with Crippen LogP contribution in [-0.2, 0) is 28.7 Å². The number of ether oxygens (including phenoxy) is 1. The minimum absolute atomic E-state index is 0.00102. The van der Waals surface area contributed by atoms with Gasteiger partial charge in [-0.1, -0.05) is 20.8 Å². The zero-order valence-corrected chi connectivity index (χ0v) is 26.4. The molecule has 0 radical (unpaired) electrons. The normalized spacial score (nSPS) is 16.9. The molecule has 14 nitrogen and oxygen atoms in total. The van der Waals surface area contributed by atoms with Crippen LogP contribution in [0.1, 0.15) is 47.0 Å². The molecule has 240 valence electrons. The van der Waals surface area contributed by atoms with Crippen LogP contribution in [0.15, 0.2) is 0 Å². The Bertz CT molecular complexity index is 869. The second-order valence-electron chi connectivity index (χ2n) is 10.1. The Morgan fingerprint density at radius 1 is 0.524 bits per heavy atom. The predicted octanol–water partition coefficient (Wildman–Crippen LogP) is -0.319. The molecule has 0 unspecified atom stereocenters. The molecule has 7 amide bonds. The Kier molecular flexibility index (Phi) is 17.1. The van der Waals surface area contributed by atoms with Gasteiger partial charge in [-0.3, -0.25) is 24.0 Å². The minimum atomic E-state index is -0.0615. The van der Waals surface area contributed by atoms with Crippen LogP contribution >= 0.6 is 0 Å². The van der Waals surface area contributed by atoms with E-state index < -0.39 is 0 Å². The van der Waals surface area contributed by atoms with Crippen LogP contribution in [0.2, 0.25) is 0 Å². The number of rotatable bonds is 5. The van der Waals surface area contributed by atoms with Crippen molar-refractivity contribution < 1.29 is 33.5 Å². The summed E-state index contributed by atoms with van der Waals surface area (Å²) in [4.78, 5) is 78.2. The summed E-state index contributed by atoms with van der Waals surface area (Å²) < 4.78 is 4.78. The van der Waals surface area contributed by atoms with Crippen LogP contribution in [0.25, 0.3) is 0 Å². The van der Waals surface area contributed by atoms with Crippen LogP contribution in [0, 0.1) is 0 Å². The second kappa shape index (κ2) is 19.7. The predicted molar refractivity (Wildman–Crippen MR) is 157 cm³/mol. The Morgan fingerprint density at radius 2 is 0.810 bits per heavy atom. The van der Waals surface area contributed by atoms with E-state index in [1.165, 1.54) is 7.11 Å². The van der Waals surface area contributed by atoms with Gasteiger partial charge in [0.15, 0.2) is 0 Å². The smallest absolute Gasteiger partial charge is 0.317 e. The first-order valence-corrected chi connectivity index (χ1v) is 14.8. The van der Waals surface area contributed by atoms with Gasteiger partial charge in [0.05, 0.1) is 0 Å². The zero-order chi connectivity index (χ0) is 31.7. The number of amides is 7. The molecule has 0 aliphatic carbocycles. The van der Waals surface area contributed by atoms with Crippen molar-refractivity contribution >= 4 is 35.6 Å². The SMILES string of the molecule is CCC(=O)N1CCN(C(=O)COC)CC1.CCC(=O)N1CCN(C(=O)NC)CC1.CCC(=O)N1CCN(C(C)=O)CC1. The Labute approximate surface area is 250 Å². The Balaban J connectivity index is 0.000000316. The van der Waals surface area contributed by atoms with Gasteiger partial charge in [-0.25, -0.2) is 4.79 Å². The number of methoxy groups -OCH3 is 1. The molecule has 3 heterocycles. The van der Waals surface area contributed by atoms with Gasteiger partial charge in [-0.15, -0.1) is 0 Å². The second-order valence-corrected chi connectivity index (χ2v) is 10.1. The van der Waals surface area contributed by atoms with Crippen molar-refractivity contribution in [3.05, 3.63) is 0 Å². The number of carbonyl (C=O) groups excluding carboxylic acids is 6. The molecule has 0 atom stereocenters. The van der Waals surface area contributed by atoms with E-state index in [1.54, 1.807) is 38.5 Å². The van der Waals surface area contributed by atoms with Crippen molar-refractivity contribution in [2.24, 2.45) is 0 Å².